The van der Waals surface area contributed by atoms with Crippen LogP contribution < -0.4 is 0 Å². The van der Waals surface area contributed by atoms with Crippen molar-refractivity contribution in [3.05, 3.63) is 47.3 Å². The Kier molecular flexibility index (Phi) is 5.09. The summed E-state index contributed by atoms with van der Waals surface area (Å²) in [6, 6.07) is 8.43. The van der Waals surface area contributed by atoms with E-state index in [4.69, 9.17) is 0 Å². The fourth-order valence-electron chi connectivity index (χ4n) is 2.95. The van der Waals surface area contributed by atoms with E-state index >= 15 is 0 Å². The normalized spacial score (nSPS) is 12.2. The number of hydrogen-bond donors (Lipinski definition) is 0. The minimum absolute atomic E-state index is 0.179. The predicted octanol–water partition coefficient (Wildman–Crippen LogP) is 2.96. The quantitative estimate of drug-likeness (QED) is 0.624. The van der Waals surface area contributed by atoms with E-state index in [1.54, 1.807) is 34.8 Å². The fraction of sp³-hybridized carbons (Fsp3) is 0.333. The van der Waals surface area contributed by atoms with Gasteiger partial charge in [-0.05, 0) is 46.3 Å². The maximum Gasteiger partial charge on any atom is 0.213 e. The molecule has 0 bridgehead atoms. The average Bonchev–Trinajstić information content (AvgIpc) is 2.98. The molecule has 3 aromatic rings. The molecule has 0 aliphatic carbocycles. The van der Waals surface area contributed by atoms with Crippen molar-refractivity contribution in [1.29, 1.82) is 0 Å². The molecule has 1 aromatic carbocycles. The molecule has 0 amide bonds. The van der Waals surface area contributed by atoms with Gasteiger partial charge in [0, 0.05) is 23.5 Å². The van der Waals surface area contributed by atoms with Crippen LogP contribution in [0.25, 0.3) is 5.65 Å². The molecule has 0 saturated heterocycles. The lowest BCUT2D eigenvalue weighted by Crippen LogP contribution is -2.16. The van der Waals surface area contributed by atoms with Crippen molar-refractivity contribution in [3.63, 3.8) is 0 Å². The summed E-state index contributed by atoms with van der Waals surface area (Å²) >= 11 is 1.32. The van der Waals surface area contributed by atoms with E-state index < -0.39 is 9.84 Å². The molecule has 0 fully saturated rings. The Labute approximate surface area is 158 Å². The van der Waals surface area contributed by atoms with Crippen LogP contribution in [0.5, 0.6) is 0 Å². The van der Waals surface area contributed by atoms with Gasteiger partial charge in [-0.1, -0.05) is 18.2 Å². The Morgan fingerprint density at radius 1 is 1.15 bits per heavy atom. The maximum atomic E-state index is 13.3. The molecule has 138 valence electrons. The molecule has 26 heavy (non-hydrogen) atoms. The van der Waals surface area contributed by atoms with Crippen LogP contribution in [0.15, 0.2) is 45.1 Å². The SMILES string of the molecule is CSc1nn2c(C)c(CN(C)C)c(C)nc2c1S(=O)(=O)c1ccccc1. The number of aryl methyl sites for hydroxylation is 2. The summed E-state index contributed by atoms with van der Waals surface area (Å²) in [7, 11) is 0.270. The number of aromatic nitrogens is 3. The standard InChI is InChI=1S/C18H22N4O2S2/c1-12-15(11-21(3)4)13(2)22-17(19-12)16(18(20-22)25-5)26(23,24)14-9-7-6-8-10-14/h6-10H,11H2,1-5H3. The summed E-state index contributed by atoms with van der Waals surface area (Å²) in [5, 5.41) is 5.01. The summed E-state index contributed by atoms with van der Waals surface area (Å²) in [5.74, 6) is 0. The summed E-state index contributed by atoms with van der Waals surface area (Å²) in [5.41, 5.74) is 3.17. The zero-order valence-electron chi connectivity index (χ0n) is 15.5. The van der Waals surface area contributed by atoms with Crippen LogP contribution in [0.4, 0.5) is 0 Å². The van der Waals surface area contributed by atoms with E-state index in [-0.39, 0.29) is 9.79 Å². The second-order valence-corrected chi connectivity index (χ2v) is 9.07. The summed E-state index contributed by atoms with van der Waals surface area (Å²) in [4.78, 5) is 7.12. The highest BCUT2D eigenvalue weighted by molar-refractivity contribution is 7.99. The number of benzene rings is 1. The Balaban J connectivity index is 2.33. The van der Waals surface area contributed by atoms with Gasteiger partial charge in [0.05, 0.1) is 4.90 Å². The molecule has 2 aromatic heterocycles. The van der Waals surface area contributed by atoms with Crippen LogP contribution in [0.2, 0.25) is 0 Å². The minimum Gasteiger partial charge on any atom is -0.305 e. The molecular weight excluding hydrogens is 368 g/mol. The van der Waals surface area contributed by atoms with Crippen LogP contribution in [-0.4, -0.2) is 48.3 Å². The van der Waals surface area contributed by atoms with Gasteiger partial charge in [-0.25, -0.2) is 17.9 Å². The lowest BCUT2D eigenvalue weighted by atomic mass is 10.1. The number of rotatable bonds is 5. The zero-order valence-corrected chi connectivity index (χ0v) is 17.1. The van der Waals surface area contributed by atoms with Gasteiger partial charge < -0.3 is 4.90 Å². The molecule has 0 unspecified atom stereocenters. The first-order chi connectivity index (χ1) is 12.3. The van der Waals surface area contributed by atoms with Crippen LogP contribution in [-0.2, 0) is 16.4 Å². The molecule has 6 nitrogen and oxygen atoms in total. The second kappa shape index (κ2) is 7.02. The van der Waals surface area contributed by atoms with E-state index in [0.29, 0.717) is 10.7 Å². The molecule has 3 rings (SSSR count). The monoisotopic (exact) mass is 390 g/mol. The van der Waals surface area contributed by atoms with Crippen molar-refractivity contribution >= 4 is 27.2 Å². The van der Waals surface area contributed by atoms with E-state index in [1.165, 1.54) is 11.8 Å². The van der Waals surface area contributed by atoms with E-state index in [0.717, 1.165) is 23.5 Å². The number of sulfone groups is 1. The third kappa shape index (κ3) is 3.13. The van der Waals surface area contributed by atoms with Gasteiger partial charge in [0.15, 0.2) is 10.5 Å². The van der Waals surface area contributed by atoms with E-state index in [1.807, 2.05) is 34.2 Å². The molecular formula is C18H22N4O2S2. The van der Waals surface area contributed by atoms with Crippen molar-refractivity contribution in [2.24, 2.45) is 0 Å². The third-order valence-corrected chi connectivity index (χ3v) is 6.85. The molecule has 0 N–H and O–H groups in total. The molecule has 0 saturated carbocycles. The van der Waals surface area contributed by atoms with Gasteiger partial charge in [0.1, 0.15) is 5.03 Å². The first-order valence-corrected chi connectivity index (χ1v) is 10.9. The van der Waals surface area contributed by atoms with Crippen molar-refractivity contribution in [3.8, 4) is 0 Å². The zero-order chi connectivity index (χ0) is 19.1. The highest BCUT2D eigenvalue weighted by atomic mass is 32.2. The lowest BCUT2D eigenvalue weighted by Gasteiger charge is -2.15. The molecule has 8 heteroatoms. The minimum atomic E-state index is -3.71. The molecule has 0 radical (unpaired) electrons. The first-order valence-electron chi connectivity index (χ1n) is 8.15. The van der Waals surface area contributed by atoms with Crippen LogP contribution in [0.1, 0.15) is 17.0 Å². The van der Waals surface area contributed by atoms with Crippen LogP contribution >= 0.6 is 11.8 Å². The van der Waals surface area contributed by atoms with Crippen molar-refractivity contribution in [2.45, 2.75) is 35.2 Å². The number of hydrogen-bond acceptors (Lipinski definition) is 6. The average molecular weight is 391 g/mol. The van der Waals surface area contributed by atoms with Gasteiger partial charge in [-0.2, -0.15) is 5.10 Å². The number of nitrogens with zero attached hydrogens (tertiary/aromatic N) is 4. The maximum absolute atomic E-state index is 13.3. The Bertz CT molecular complexity index is 1060. The van der Waals surface area contributed by atoms with Gasteiger partial charge in [-0.15, -0.1) is 11.8 Å². The van der Waals surface area contributed by atoms with Gasteiger partial charge in [-0.3, -0.25) is 0 Å². The smallest absolute Gasteiger partial charge is 0.213 e. The fourth-order valence-corrected chi connectivity index (χ4v) is 5.37. The van der Waals surface area contributed by atoms with Crippen molar-refractivity contribution in [2.75, 3.05) is 20.4 Å². The highest BCUT2D eigenvalue weighted by Gasteiger charge is 2.29. The first kappa shape index (κ1) is 18.9. The summed E-state index contributed by atoms with van der Waals surface area (Å²) < 4.78 is 28.2. The summed E-state index contributed by atoms with van der Waals surface area (Å²) in [6.45, 7) is 4.59. The molecule has 2 heterocycles. The molecule has 0 aliphatic rings. The number of thioether (sulfide) groups is 1. The van der Waals surface area contributed by atoms with Gasteiger partial charge >= 0.3 is 0 Å². The third-order valence-electron chi connectivity index (χ3n) is 4.24. The Morgan fingerprint density at radius 2 is 1.81 bits per heavy atom. The predicted molar refractivity (Wildman–Crippen MR) is 104 cm³/mol. The van der Waals surface area contributed by atoms with Gasteiger partial charge in [0.25, 0.3) is 0 Å². The van der Waals surface area contributed by atoms with Crippen molar-refractivity contribution in [1.82, 2.24) is 19.5 Å². The van der Waals surface area contributed by atoms with Crippen LogP contribution in [0.3, 0.4) is 0 Å². The lowest BCUT2D eigenvalue weighted by molar-refractivity contribution is 0.398. The van der Waals surface area contributed by atoms with Crippen molar-refractivity contribution < 1.29 is 8.42 Å². The van der Waals surface area contributed by atoms with Gasteiger partial charge in [0.2, 0.25) is 9.84 Å². The Hall–Kier alpha value is -1.90. The Morgan fingerprint density at radius 3 is 2.38 bits per heavy atom. The van der Waals surface area contributed by atoms with Crippen LogP contribution in [0, 0.1) is 13.8 Å². The number of fused-ring (bicyclic) bond motifs is 1. The van der Waals surface area contributed by atoms with E-state index in [9.17, 15) is 8.42 Å². The summed E-state index contributed by atoms with van der Waals surface area (Å²) in [6.07, 6.45) is 1.83. The highest BCUT2D eigenvalue weighted by Crippen LogP contribution is 2.33. The largest absolute Gasteiger partial charge is 0.305 e. The second-order valence-electron chi connectivity index (χ2n) is 6.39. The molecule has 0 spiro atoms. The molecule has 0 aliphatic heterocycles. The molecule has 0 atom stereocenters. The topological polar surface area (TPSA) is 67.6 Å². The van der Waals surface area contributed by atoms with E-state index in [2.05, 4.69) is 15.0 Å².